The monoisotopic (exact) mass is 616 g/mol. The van der Waals surface area contributed by atoms with Crippen molar-refractivity contribution in [2.24, 2.45) is 0 Å². The lowest BCUT2D eigenvalue weighted by Crippen LogP contribution is -2.76. The molecule has 10 rings (SSSR count). The van der Waals surface area contributed by atoms with Crippen LogP contribution in [-0.2, 0) is 33.3 Å². The van der Waals surface area contributed by atoms with Crippen molar-refractivity contribution in [3.63, 3.8) is 0 Å². The van der Waals surface area contributed by atoms with Crippen molar-refractivity contribution in [3.8, 4) is 23.0 Å². The number of hydrogen-bond acceptors (Lipinski definition) is 10. The molecule has 3 N–H and O–H groups in total. The number of ketones is 2. The van der Waals surface area contributed by atoms with Crippen LogP contribution in [0.3, 0.4) is 0 Å². The highest BCUT2D eigenvalue weighted by molar-refractivity contribution is 5.91. The van der Waals surface area contributed by atoms with E-state index in [1.54, 1.807) is 13.2 Å². The quantitative estimate of drug-likeness (QED) is 0.436. The van der Waals surface area contributed by atoms with Gasteiger partial charge in [-0.2, -0.15) is 0 Å². The number of piperidine rings is 2. The highest BCUT2D eigenvalue weighted by Gasteiger charge is 2.74. The third-order valence-electron chi connectivity index (χ3n) is 13.3. The highest BCUT2D eigenvalue weighted by atomic mass is 16.5. The summed E-state index contributed by atoms with van der Waals surface area (Å²) >= 11 is 0. The van der Waals surface area contributed by atoms with Gasteiger partial charge in [0.15, 0.2) is 46.8 Å². The van der Waals surface area contributed by atoms with Gasteiger partial charge in [-0.05, 0) is 89.0 Å². The van der Waals surface area contributed by atoms with Crippen molar-refractivity contribution in [1.82, 2.24) is 9.80 Å². The molecule has 4 aliphatic heterocycles. The number of hydrogen-bond donors (Lipinski definition) is 3. The second-order valence-electron chi connectivity index (χ2n) is 14.7. The van der Waals surface area contributed by atoms with Crippen LogP contribution in [0.5, 0.6) is 23.0 Å². The second kappa shape index (κ2) is 8.79. The minimum atomic E-state index is -0.954. The zero-order valence-corrected chi connectivity index (χ0v) is 26.0. The van der Waals surface area contributed by atoms with Crippen LogP contribution in [0.25, 0.3) is 0 Å². The van der Waals surface area contributed by atoms with E-state index in [0.29, 0.717) is 49.4 Å². The van der Waals surface area contributed by atoms with Crippen molar-refractivity contribution in [2.75, 3.05) is 34.3 Å². The number of aliphatic hydroxyl groups is 2. The molecule has 2 spiro atoms. The summed E-state index contributed by atoms with van der Waals surface area (Å²) in [7, 11) is 5.74. The third-order valence-corrected chi connectivity index (χ3v) is 13.3. The Morgan fingerprint density at radius 1 is 0.756 bits per heavy atom. The summed E-state index contributed by atoms with van der Waals surface area (Å²) in [6.45, 7) is 1.70. The topological polar surface area (TPSA) is 129 Å². The molecule has 8 aliphatic rings. The molecule has 8 atom stereocenters. The Kier molecular flexibility index (Phi) is 5.48. The maximum Gasteiger partial charge on any atom is 0.174 e. The van der Waals surface area contributed by atoms with Crippen LogP contribution in [0.1, 0.15) is 60.8 Å². The lowest BCUT2D eigenvalue weighted by atomic mass is 9.49. The molecule has 45 heavy (non-hydrogen) atoms. The summed E-state index contributed by atoms with van der Waals surface area (Å²) in [6, 6.07) is 7.62. The van der Waals surface area contributed by atoms with Gasteiger partial charge in [0.05, 0.1) is 29.1 Å². The number of likely N-dealkylation sites (tertiary alicyclic amines) is 2. The zero-order chi connectivity index (χ0) is 31.3. The lowest BCUT2D eigenvalue weighted by Gasteiger charge is -2.62. The van der Waals surface area contributed by atoms with Crippen LogP contribution >= 0.6 is 0 Å². The van der Waals surface area contributed by atoms with Gasteiger partial charge in [-0.25, -0.2) is 0 Å². The van der Waals surface area contributed by atoms with E-state index in [-0.39, 0.29) is 29.4 Å². The molecule has 4 fully saturated rings. The van der Waals surface area contributed by atoms with Gasteiger partial charge in [-0.1, -0.05) is 12.1 Å². The van der Waals surface area contributed by atoms with E-state index in [9.17, 15) is 24.9 Å². The first-order valence-corrected chi connectivity index (χ1v) is 16.3. The molecule has 4 aliphatic carbocycles. The van der Waals surface area contributed by atoms with E-state index >= 15 is 0 Å². The van der Waals surface area contributed by atoms with Crippen molar-refractivity contribution in [1.29, 1.82) is 0 Å². The van der Waals surface area contributed by atoms with E-state index in [1.165, 1.54) is 5.56 Å². The molecule has 0 radical (unpaired) electrons. The summed E-state index contributed by atoms with van der Waals surface area (Å²) in [5.41, 5.74) is 1.11. The molecule has 0 amide bonds. The molecule has 4 heterocycles. The van der Waals surface area contributed by atoms with Crippen molar-refractivity contribution in [3.05, 3.63) is 46.5 Å². The van der Waals surface area contributed by atoms with Crippen LogP contribution in [-0.4, -0.2) is 106 Å². The average Bonchev–Trinajstić information content (AvgIpc) is 3.57. The van der Waals surface area contributed by atoms with Crippen LogP contribution in [0.15, 0.2) is 24.3 Å². The fraction of sp³-hybridized carbons (Fsp3) is 0.600. The number of phenolic OH excluding ortho intramolecular Hbond substituents is 1. The van der Waals surface area contributed by atoms with Crippen LogP contribution in [0.4, 0.5) is 0 Å². The number of rotatable bonds is 1. The van der Waals surface area contributed by atoms with Crippen LogP contribution in [0, 0.1) is 0 Å². The maximum atomic E-state index is 12.7. The number of carbonyl (C=O) groups is 2. The van der Waals surface area contributed by atoms with Gasteiger partial charge in [0, 0.05) is 36.1 Å². The van der Waals surface area contributed by atoms with Gasteiger partial charge in [0.2, 0.25) is 0 Å². The molecule has 2 saturated heterocycles. The van der Waals surface area contributed by atoms with E-state index in [4.69, 9.17) is 14.2 Å². The molecular weight excluding hydrogens is 576 g/mol. The van der Waals surface area contributed by atoms with Crippen LogP contribution < -0.4 is 14.2 Å². The normalized spacial score (nSPS) is 41.3. The molecule has 4 bridgehead atoms. The van der Waals surface area contributed by atoms with Gasteiger partial charge in [-0.3, -0.25) is 9.59 Å². The lowest BCUT2D eigenvalue weighted by molar-refractivity contribution is -0.185. The van der Waals surface area contributed by atoms with Gasteiger partial charge in [0.1, 0.15) is 0 Å². The Labute approximate surface area is 261 Å². The first-order valence-electron chi connectivity index (χ1n) is 16.3. The third kappa shape index (κ3) is 3.02. The Morgan fingerprint density at radius 3 is 1.78 bits per heavy atom. The second-order valence-corrected chi connectivity index (χ2v) is 14.7. The van der Waals surface area contributed by atoms with E-state index in [2.05, 4.69) is 22.9 Å². The summed E-state index contributed by atoms with van der Waals surface area (Å²) in [5, 5.41) is 33.6. The van der Waals surface area contributed by atoms with Crippen molar-refractivity contribution < 1.29 is 39.1 Å². The maximum absolute atomic E-state index is 12.7. The number of methoxy groups -OCH3 is 1. The molecule has 0 unspecified atom stereocenters. The Morgan fingerprint density at radius 2 is 1.24 bits per heavy atom. The molecule has 2 aromatic rings. The smallest absolute Gasteiger partial charge is 0.174 e. The Balaban J connectivity index is 0.000000125. The SMILES string of the molecule is CN1CC[C@]23c4c5ccc(O)c4O[C@H]2C(=O)CC[C@@]3(O)[C@H]1C5.COc1ccc2c3c1O[C@H]1C(=O)CC[C@@]4(O)[C@@H](C2)N(C)CC[C@]314. The highest BCUT2D eigenvalue weighted by Crippen LogP contribution is 2.66. The van der Waals surface area contributed by atoms with Crippen molar-refractivity contribution >= 4 is 11.6 Å². The standard InChI is InChI=1S/C18H21NO4.C17H19NO4/c1-19-8-7-17-14-10-3-4-12(22-2)15(14)23-16(17)11(20)5-6-18(17,21)13(19)9-10;1-18-7-6-16-13-9-2-3-10(19)14(13)22-15(16)11(20)4-5-17(16,21)12(18)8-9/h3-4,13,16,21H,5-9H2,1-2H3;2-3,12,15,19,21H,4-8H2,1H3/t13-,16+,17+,18-;12-,15+,16+,17-/m11/s1. The molecule has 0 aromatic heterocycles. The fourth-order valence-corrected chi connectivity index (χ4v) is 11.2. The fourth-order valence-electron chi connectivity index (χ4n) is 11.2. The van der Waals surface area contributed by atoms with Crippen LogP contribution in [0.2, 0.25) is 0 Å². The van der Waals surface area contributed by atoms with Gasteiger partial charge >= 0.3 is 0 Å². The first kappa shape index (κ1) is 28.1. The first-order chi connectivity index (χ1) is 21.5. The Bertz CT molecular complexity index is 1690. The van der Waals surface area contributed by atoms with Gasteiger partial charge < -0.3 is 39.3 Å². The molecule has 238 valence electrons. The number of Topliss-reactive ketones (excluding diaryl/α,β-unsaturated/α-hetero) is 2. The predicted molar refractivity (Wildman–Crippen MR) is 161 cm³/mol. The summed E-state index contributed by atoms with van der Waals surface area (Å²) in [6.07, 6.45) is 3.50. The Hall–Kier alpha value is -3.18. The number of ether oxygens (including phenoxy) is 3. The number of benzene rings is 2. The molecule has 2 aromatic carbocycles. The van der Waals surface area contributed by atoms with E-state index < -0.39 is 34.2 Å². The predicted octanol–water partition coefficient (Wildman–Crippen LogP) is 1.79. The zero-order valence-electron chi connectivity index (χ0n) is 26.0. The average molecular weight is 617 g/mol. The number of phenols is 1. The molecular formula is C35H40N2O8. The van der Waals surface area contributed by atoms with E-state index in [1.807, 2.05) is 19.2 Å². The number of aromatic hydroxyl groups is 1. The largest absolute Gasteiger partial charge is 0.504 e. The van der Waals surface area contributed by atoms with Crippen molar-refractivity contribution in [2.45, 2.75) is 97.7 Å². The van der Waals surface area contributed by atoms with E-state index in [0.717, 1.165) is 49.0 Å². The summed E-state index contributed by atoms with van der Waals surface area (Å²) < 4.78 is 17.6. The number of likely N-dealkylation sites (N-methyl/N-ethyl adjacent to an activating group) is 2. The molecule has 10 nitrogen and oxygen atoms in total. The number of nitrogens with zero attached hydrogens (tertiary/aromatic N) is 2. The summed E-state index contributed by atoms with van der Waals surface area (Å²) in [5.74, 6) is 2.03. The minimum Gasteiger partial charge on any atom is -0.504 e. The molecule has 10 heteroatoms. The van der Waals surface area contributed by atoms with Gasteiger partial charge in [0.25, 0.3) is 0 Å². The summed E-state index contributed by atoms with van der Waals surface area (Å²) in [4.78, 5) is 29.6. The molecule has 2 saturated carbocycles. The minimum absolute atomic E-state index is 0.00319. The number of carbonyl (C=O) groups excluding carboxylic acids is 2. The van der Waals surface area contributed by atoms with Gasteiger partial charge in [-0.15, -0.1) is 0 Å².